The van der Waals surface area contributed by atoms with Crippen molar-refractivity contribution in [2.75, 3.05) is 0 Å². The zero-order valence-electron chi connectivity index (χ0n) is 38.6. The summed E-state index contributed by atoms with van der Waals surface area (Å²) in [5, 5.41) is 2.29. The minimum absolute atomic E-state index is 0.239. The van der Waals surface area contributed by atoms with Gasteiger partial charge in [-0.25, -0.2) is 9.97 Å². The van der Waals surface area contributed by atoms with Crippen molar-refractivity contribution in [3.05, 3.63) is 191 Å². The Balaban J connectivity index is 0.839. The Morgan fingerprint density at radius 1 is 0.642 bits per heavy atom. The molecule has 2 spiro atoms. The van der Waals surface area contributed by atoms with Gasteiger partial charge in [0.15, 0.2) is 5.82 Å². The lowest BCUT2D eigenvalue weighted by molar-refractivity contribution is 0.184. The molecule has 2 aromatic heterocycles. The Labute approximate surface area is 395 Å². The second-order valence-electron chi connectivity index (χ2n) is 21.1. The van der Waals surface area contributed by atoms with Gasteiger partial charge in [0.2, 0.25) is 0 Å². The van der Waals surface area contributed by atoms with Crippen molar-refractivity contribution in [3.8, 4) is 22.5 Å². The Bertz CT molecular complexity index is 3290. The minimum atomic E-state index is 0.239. The summed E-state index contributed by atoms with van der Waals surface area (Å²) in [6.45, 7) is 0. The molecule has 3 nitrogen and oxygen atoms in total. The molecule has 6 aromatic rings. The number of para-hydroxylation sites is 1. The molecule has 14 rings (SSSR count). The highest BCUT2D eigenvalue weighted by Crippen LogP contribution is 2.69. The molecule has 67 heavy (non-hydrogen) atoms. The molecule has 3 unspecified atom stereocenters. The lowest BCUT2D eigenvalue weighted by Gasteiger charge is -2.42. The van der Waals surface area contributed by atoms with Gasteiger partial charge in [0.25, 0.3) is 0 Å². The highest BCUT2D eigenvalue weighted by atomic mass is 16.3. The molecule has 0 bridgehead atoms. The van der Waals surface area contributed by atoms with Crippen molar-refractivity contribution in [1.82, 2.24) is 9.97 Å². The molecule has 330 valence electrons. The van der Waals surface area contributed by atoms with E-state index in [9.17, 15) is 0 Å². The van der Waals surface area contributed by atoms with Gasteiger partial charge < -0.3 is 4.42 Å². The summed E-state index contributed by atoms with van der Waals surface area (Å²) >= 11 is 0. The number of fused-ring (bicyclic) bond motifs is 12. The maximum absolute atomic E-state index is 6.88. The first-order chi connectivity index (χ1) is 33.1. The number of nitrogens with zero attached hydrogens (tertiary/aromatic N) is 2. The summed E-state index contributed by atoms with van der Waals surface area (Å²) in [5.41, 5.74) is 21.0. The van der Waals surface area contributed by atoms with E-state index in [2.05, 4.69) is 152 Å². The standard InChI is InChI=1S/C64H58N2O/c1-5-16-41(17-6-1)42-24-26-43(27-25-42)58-40-59(66-62(65-58)44-18-7-2-8-19-44)49-22-15-21-48-53-37-46(29-31-60(53)67-61(48)49)45-28-30-55-50(36-45)52-39-56-51(38-57(52)64(55)34-13-4-14-35-64)47-20-9-10-23-54(47)63(56)32-11-3-12-33-63/h2,5,7,9-10,15-18,20-31,36-38,40,50,52,55H,1,3-4,6,8,11-14,19,32-35,39H2. The number of hydrogen-bond acceptors (Lipinski definition) is 3. The van der Waals surface area contributed by atoms with Crippen LogP contribution in [0.5, 0.6) is 0 Å². The van der Waals surface area contributed by atoms with E-state index in [0.717, 1.165) is 76.0 Å². The van der Waals surface area contributed by atoms with Crippen LogP contribution >= 0.6 is 0 Å². The quantitative estimate of drug-likeness (QED) is 0.173. The van der Waals surface area contributed by atoms with E-state index in [1.54, 1.807) is 27.8 Å². The van der Waals surface area contributed by atoms with Crippen LogP contribution in [0.15, 0.2) is 167 Å². The zero-order chi connectivity index (χ0) is 44.1. The molecule has 8 aliphatic carbocycles. The van der Waals surface area contributed by atoms with Gasteiger partial charge in [0, 0.05) is 27.3 Å². The van der Waals surface area contributed by atoms with Crippen LogP contribution in [0.2, 0.25) is 0 Å². The van der Waals surface area contributed by atoms with E-state index in [0.29, 0.717) is 17.8 Å². The van der Waals surface area contributed by atoms with Crippen LogP contribution in [-0.2, 0) is 5.41 Å². The molecule has 2 heterocycles. The smallest absolute Gasteiger partial charge is 0.156 e. The minimum Gasteiger partial charge on any atom is -0.455 e. The fraction of sp³-hybridized carbons (Fsp3) is 0.312. The van der Waals surface area contributed by atoms with E-state index >= 15 is 0 Å². The van der Waals surface area contributed by atoms with Crippen molar-refractivity contribution >= 4 is 44.2 Å². The number of aromatic nitrogens is 2. The summed E-state index contributed by atoms with van der Waals surface area (Å²) in [6, 6.07) is 34.1. The van der Waals surface area contributed by atoms with Crippen molar-refractivity contribution in [3.63, 3.8) is 0 Å². The average Bonchev–Trinajstić information content (AvgIpc) is 4.00. The third-order valence-corrected chi connectivity index (χ3v) is 17.8. The molecule has 0 radical (unpaired) electrons. The fourth-order valence-corrected chi connectivity index (χ4v) is 14.7. The van der Waals surface area contributed by atoms with Gasteiger partial charge in [-0.05, 0) is 150 Å². The summed E-state index contributed by atoms with van der Waals surface area (Å²) in [5.74, 6) is 2.45. The SMILES string of the molecule is C1=CCCC(c2nc(-c3ccc(C4=CCCC=C4)cc3)cc(-c3cccc4c3oc3ccc(C5=CC6C7CC8=C(C=C7C7(CCCCC7)C6C=C5)c5ccccc5C85CCCCC5)cc34)n2)=C1. The second-order valence-corrected chi connectivity index (χ2v) is 21.1. The molecule has 8 aliphatic rings. The van der Waals surface area contributed by atoms with Crippen LogP contribution in [0.4, 0.5) is 0 Å². The predicted molar refractivity (Wildman–Crippen MR) is 277 cm³/mol. The Kier molecular flexibility index (Phi) is 9.28. The van der Waals surface area contributed by atoms with Crippen molar-refractivity contribution < 1.29 is 4.42 Å². The van der Waals surface area contributed by atoms with Crippen LogP contribution in [0, 0.1) is 23.2 Å². The van der Waals surface area contributed by atoms with E-state index < -0.39 is 0 Å². The molecule has 0 saturated heterocycles. The van der Waals surface area contributed by atoms with Gasteiger partial charge in [-0.1, -0.05) is 177 Å². The van der Waals surface area contributed by atoms with Gasteiger partial charge in [-0.3, -0.25) is 0 Å². The molecular formula is C64H58N2O. The zero-order valence-corrected chi connectivity index (χ0v) is 38.6. The molecule has 0 aliphatic heterocycles. The van der Waals surface area contributed by atoms with Gasteiger partial charge >= 0.3 is 0 Å². The number of benzene rings is 4. The van der Waals surface area contributed by atoms with E-state index in [4.69, 9.17) is 14.4 Å². The first kappa shape index (κ1) is 39.8. The van der Waals surface area contributed by atoms with Crippen molar-refractivity contribution in [2.24, 2.45) is 23.2 Å². The molecule has 3 fully saturated rings. The summed E-state index contributed by atoms with van der Waals surface area (Å²) in [4.78, 5) is 10.5. The van der Waals surface area contributed by atoms with E-state index in [1.165, 1.54) is 98.5 Å². The Morgan fingerprint density at radius 3 is 2.28 bits per heavy atom. The third kappa shape index (κ3) is 6.22. The summed E-state index contributed by atoms with van der Waals surface area (Å²) in [7, 11) is 0. The summed E-state index contributed by atoms with van der Waals surface area (Å²) in [6.07, 6.45) is 42.9. The second kappa shape index (κ2) is 15.6. The van der Waals surface area contributed by atoms with Crippen molar-refractivity contribution in [1.29, 1.82) is 0 Å². The van der Waals surface area contributed by atoms with Gasteiger partial charge in [0.1, 0.15) is 11.2 Å². The fourth-order valence-electron chi connectivity index (χ4n) is 14.7. The largest absolute Gasteiger partial charge is 0.455 e. The van der Waals surface area contributed by atoms with E-state index in [-0.39, 0.29) is 10.8 Å². The lowest BCUT2D eigenvalue weighted by atomic mass is 9.62. The van der Waals surface area contributed by atoms with Crippen LogP contribution < -0.4 is 0 Å². The summed E-state index contributed by atoms with van der Waals surface area (Å²) < 4.78 is 6.88. The average molecular weight is 871 g/mol. The predicted octanol–water partition coefficient (Wildman–Crippen LogP) is 16.9. The van der Waals surface area contributed by atoms with Crippen LogP contribution in [0.25, 0.3) is 66.7 Å². The first-order valence-electron chi connectivity index (χ1n) is 25.8. The molecular weight excluding hydrogens is 813 g/mol. The third-order valence-electron chi connectivity index (χ3n) is 17.8. The maximum atomic E-state index is 6.88. The van der Waals surface area contributed by atoms with Gasteiger partial charge in [-0.2, -0.15) is 0 Å². The molecule has 4 aromatic carbocycles. The topological polar surface area (TPSA) is 38.9 Å². The number of furan rings is 1. The molecule has 3 heteroatoms. The highest BCUT2D eigenvalue weighted by molar-refractivity contribution is 6.10. The molecule has 0 amide bonds. The first-order valence-corrected chi connectivity index (χ1v) is 25.8. The molecule has 3 saturated carbocycles. The molecule has 3 atom stereocenters. The highest BCUT2D eigenvalue weighted by Gasteiger charge is 2.58. The van der Waals surface area contributed by atoms with Gasteiger partial charge in [-0.15, -0.1) is 0 Å². The normalized spacial score (nSPS) is 24.3. The lowest BCUT2D eigenvalue weighted by Crippen LogP contribution is -2.32. The van der Waals surface area contributed by atoms with Crippen LogP contribution in [0.3, 0.4) is 0 Å². The molecule has 0 N–H and O–H groups in total. The Hall–Kier alpha value is -6.32. The van der Waals surface area contributed by atoms with Crippen LogP contribution in [0.1, 0.15) is 124 Å². The van der Waals surface area contributed by atoms with E-state index in [1.807, 2.05) is 0 Å². The number of rotatable bonds is 5. The number of allylic oxidation sites excluding steroid dienone is 16. The van der Waals surface area contributed by atoms with Crippen LogP contribution in [-0.4, -0.2) is 9.97 Å². The van der Waals surface area contributed by atoms with Gasteiger partial charge in [0.05, 0.1) is 11.4 Å². The number of hydrogen-bond donors (Lipinski definition) is 0. The maximum Gasteiger partial charge on any atom is 0.156 e. The van der Waals surface area contributed by atoms with Crippen molar-refractivity contribution in [2.45, 2.75) is 102 Å². The monoisotopic (exact) mass is 870 g/mol. The Morgan fingerprint density at radius 2 is 1.45 bits per heavy atom.